The Labute approximate surface area is 168 Å². The summed E-state index contributed by atoms with van der Waals surface area (Å²) in [5.74, 6) is -0.330. The normalized spacial score (nSPS) is 17.9. The molecule has 3 rings (SSSR count). The molecule has 0 spiro atoms. The summed E-state index contributed by atoms with van der Waals surface area (Å²) in [5, 5.41) is 31.0. The summed E-state index contributed by atoms with van der Waals surface area (Å²) >= 11 is 0. The average molecular weight is 400 g/mol. The van der Waals surface area contributed by atoms with Gasteiger partial charge in [0.15, 0.2) is 23.7 Å². The van der Waals surface area contributed by atoms with Gasteiger partial charge < -0.3 is 29.5 Å². The Morgan fingerprint density at radius 3 is 2.38 bits per heavy atom. The highest BCUT2D eigenvalue weighted by Crippen LogP contribution is 2.46. The second-order valence-corrected chi connectivity index (χ2v) is 7.05. The van der Waals surface area contributed by atoms with Crippen LogP contribution in [0.5, 0.6) is 28.7 Å². The van der Waals surface area contributed by atoms with Gasteiger partial charge in [-0.1, -0.05) is 17.7 Å². The van der Waals surface area contributed by atoms with E-state index < -0.39 is 18.0 Å². The number of hydrogen-bond donors (Lipinski definition) is 3. The van der Waals surface area contributed by atoms with Crippen molar-refractivity contribution >= 4 is 5.78 Å². The van der Waals surface area contributed by atoms with E-state index in [0.717, 1.165) is 5.57 Å². The number of aliphatic hydroxyl groups excluding tert-OH is 1. The molecule has 0 aliphatic carbocycles. The number of carbonyl (C=O) groups excluding carboxylic acids is 1. The molecule has 0 saturated carbocycles. The van der Waals surface area contributed by atoms with Gasteiger partial charge in [0.05, 0.1) is 14.2 Å². The third-order valence-corrected chi connectivity index (χ3v) is 4.83. The maximum Gasteiger partial charge on any atom is 0.202 e. The van der Waals surface area contributed by atoms with Gasteiger partial charge in [0.1, 0.15) is 22.8 Å². The third-order valence-electron chi connectivity index (χ3n) is 4.83. The van der Waals surface area contributed by atoms with E-state index in [1.54, 1.807) is 6.07 Å². The van der Waals surface area contributed by atoms with Crippen molar-refractivity contribution in [3.8, 4) is 28.7 Å². The van der Waals surface area contributed by atoms with E-state index in [-0.39, 0.29) is 28.6 Å². The highest BCUT2D eigenvalue weighted by Gasteiger charge is 2.41. The topological polar surface area (TPSA) is 105 Å². The fourth-order valence-electron chi connectivity index (χ4n) is 3.32. The number of aliphatic hydroxyl groups is 1. The number of allylic oxidation sites excluding steroid dienone is 2. The van der Waals surface area contributed by atoms with Gasteiger partial charge in [-0.25, -0.2) is 0 Å². The number of fused-ring (bicyclic) bond motifs is 1. The highest BCUT2D eigenvalue weighted by molar-refractivity contribution is 6.06. The molecule has 2 aromatic rings. The molecule has 29 heavy (non-hydrogen) atoms. The second kappa shape index (κ2) is 8.05. The Morgan fingerprint density at radius 2 is 1.79 bits per heavy atom. The summed E-state index contributed by atoms with van der Waals surface area (Å²) in [6, 6.07) is 5.84. The van der Waals surface area contributed by atoms with Crippen molar-refractivity contribution in [1.82, 2.24) is 0 Å². The van der Waals surface area contributed by atoms with E-state index in [1.807, 2.05) is 19.9 Å². The van der Waals surface area contributed by atoms with Gasteiger partial charge in [-0.3, -0.25) is 4.79 Å². The largest absolute Gasteiger partial charge is 0.507 e. The lowest BCUT2D eigenvalue weighted by Gasteiger charge is -2.32. The molecule has 0 unspecified atom stereocenters. The first-order valence-corrected chi connectivity index (χ1v) is 9.10. The molecule has 3 N–H and O–H groups in total. The Bertz CT molecular complexity index is 974. The minimum atomic E-state index is -1.55. The van der Waals surface area contributed by atoms with Crippen LogP contribution in [0.15, 0.2) is 35.9 Å². The smallest absolute Gasteiger partial charge is 0.202 e. The molecule has 7 nitrogen and oxygen atoms in total. The number of benzene rings is 2. The second-order valence-electron chi connectivity index (χ2n) is 7.05. The highest BCUT2D eigenvalue weighted by atomic mass is 16.5. The number of ketones is 1. The first kappa shape index (κ1) is 20.5. The van der Waals surface area contributed by atoms with Crippen LogP contribution in [0.3, 0.4) is 0 Å². The number of phenolic OH excluding ortho intramolecular Hbond substituents is 2. The van der Waals surface area contributed by atoms with E-state index in [9.17, 15) is 20.1 Å². The lowest BCUT2D eigenvalue weighted by atomic mass is 9.90. The van der Waals surface area contributed by atoms with Crippen LogP contribution in [-0.4, -0.2) is 41.4 Å². The molecule has 0 fully saturated rings. The zero-order valence-corrected chi connectivity index (χ0v) is 16.7. The number of methoxy groups -OCH3 is 2. The van der Waals surface area contributed by atoms with Crippen LogP contribution in [0, 0.1) is 0 Å². The molecule has 1 aliphatic rings. The predicted octanol–water partition coefficient (Wildman–Crippen LogP) is 3.30. The Kier molecular flexibility index (Phi) is 5.70. The van der Waals surface area contributed by atoms with Crippen molar-refractivity contribution < 1.29 is 34.3 Å². The van der Waals surface area contributed by atoms with Crippen LogP contribution in [0.25, 0.3) is 0 Å². The molecule has 0 aromatic heterocycles. The Hall–Kier alpha value is -3.19. The summed E-state index contributed by atoms with van der Waals surface area (Å²) < 4.78 is 16.4. The number of carbonyl (C=O) groups is 1. The van der Waals surface area contributed by atoms with Crippen LogP contribution >= 0.6 is 0 Å². The zero-order valence-electron chi connectivity index (χ0n) is 16.7. The molecule has 7 heteroatoms. The van der Waals surface area contributed by atoms with Crippen LogP contribution in [-0.2, 0) is 6.42 Å². The number of rotatable bonds is 5. The zero-order chi connectivity index (χ0) is 21.3. The molecule has 154 valence electrons. The monoisotopic (exact) mass is 400 g/mol. The molecule has 0 radical (unpaired) electrons. The molecule has 0 amide bonds. The van der Waals surface area contributed by atoms with Gasteiger partial charge in [-0.15, -0.1) is 0 Å². The maximum absolute atomic E-state index is 12.9. The number of hydrogen-bond acceptors (Lipinski definition) is 7. The standard InChI is InChI=1S/C22H24O7/c1-11(2)5-7-13-17(28-4)10-15(24)18-19(25)20(26)21(29-22(13)18)12-6-8-16(27-3)14(23)9-12/h5-6,8-10,20-21,23-24,26H,7H2,1-4H3/t20-,21-/m0/s1. The maximum atomic E-state index is 12.9. The van der Waals surface area contributed by atoms with E-state index in [2.05, 4.69) is 0 Å². The van der Waals surface area contributed by atoms with Crippen molar-refractivity contribution in [2.45, 2.75) is 32.5 Å². The summed E-state index contributed by atoms with van der Waals surface area (Å²) in [6.07, 6.45) is -0.255. The van der Waals surface area contributed by atoms with Crippen molar-refractivity contribution in [2.24, 2.45) is 0 Å². The first-order chi connectivity index (χ1) is 13.8. The molecule has 1 aliphatic heterocycles. The van der Waals surface area contributed by atoms with E-state index in [4.69, 9.17) is 14.2 Å². The fraction of sp³-hybridized carbons (Fsp3) is 0.318. The van der Waals surface area contributed by atoms with Crippen molar-refractivity contribution in [2.75, 3.05) is 14.2 Å². The molecule has 1 heterocycles. The number of aromatic hydroxyl groups is 2. The van der Waals surface area contributed by atoms with Crippen molar-refractivity contribution in [1.29, 1.82) is 0 Å². The first-order valence-electron chi connectivity index (χ1n) is 9.10. The summed E-state index contributed by atoms with van der Waals surface area (Å²) in [5.41, 5.74) is 1.96. The third kappa shape index (κ3) is 3.73. The fourth-order valence-corrected chi connectivity index (χ4v) is 3.32. The number of phenols is 2. The predicted molar refractivity (Wildman–Crippen MR) is 106 cm³/mol. The van der Waals surface area contributed by atoms with E-state index in [1.165, 1.54) is 32.4 Å². The quantitative estimate of drug-likeness (QED) is 0.661. The van der Waals surface area contributed by atoms with Crippen molar-refractivity contribution in [3.05, 3.63) is 52.6 Å². The SMILES string of the molecule is COc1ccc([C@@H]2Oc3c(CC=C(C)C)c(OC)cc(O)c3C(=O)[C@@H]2O)cc1O. The summed E-state index contributed by atoms with van der Waals surface area (Å²) in [4.78, 5) is 12.9. The molecular formula is C22H24O7. The summed E-state index contributed by atoms with van der Waals surface area (Å²) in [7, 11) is 2.89. The molecule has 0 bridgehead atoms. The number of Topliss-reactive ketones (excluding diaryl/α,β-unsaturated/α-hetero) is 1. The van der Waals surface area contributed by atoms with Crippen LogP contribution in [0.2, 0.25) is 0 Å². The van der Waals surface area contributed by atoms with Gasteiger partial charge in [0.2, 0.25) is 5.78 Å². The number of ether oxygens (including phenoxy) is 3. The van der Waals surface area contributed by atoms with E-state index >= 15 is 0 Å². The Balaban J connectivity index is 2.14. The molecule has 0 saturated heterocycles. The van der Waals surface area contributed by atoms with Gasteiger partial charge in [-0.05, 0) is 38.0 Å². The summed E-state index contributed by atoms with van der Waals surface area (Å²) in [6.45, 7) is 3.88. The van der Waals surface area contributed by atoms with Gasteiger partial charge in [0.25, 0.3) is 0 Å². The molecular weight excluding hydrogens is 376 g/mol. The van der Waals surface area contributed by atoms with Gasteiger partial charge >= 0.3 is 0 Å². The van der Waals surface area contributed by atoms with Crippen LogP contribution in [0.4, 0.5) is 0 Å². The lowest BCUT2D eigenvalue weighted by Crippen LogP contribution is -2.36. The lowest BCUT2D eigenvalue weighted by molar-refractivity contribution is 0.0205. The van der Waals surface area contributed by atoms with Crippen molar-refractivity contribution in [3.63, 3.8) is 0 Å². The van der Waals surface area contributed by atoms with Crippen LogP contribution < -0.4 is 14.2 Å². The van der Waals surface area contributed by atoms with Gasteiger partial charge in [-0.2, -0.15) is 0 Å². The van der Waals surface area contributed by atoms with Gasteiger partial charge in [0, 0.05) is 11.6 Å². The minimum absolute atomic E-state index is 0.0792. The molecule has 2 atom stereocenters. The minimum Gasteiger partial charge on any atom is -0.507 e. The van der Waals surface area contributed by atoms with Crippen LogP contribution in [0.1, 0.15) is 41.4 Å². The molecule has 2 aromatic carbocycles. The average Bonchev–Trinajstić information content (AvgIpc) is 2.68. The van der Waals surface area contributed by atoms with E-state index in [0.29, 0.717) is 23.3 Å². The Morgan fingerprint density at radius 1 is 1.10 bits per heavy atom.